The van der Waals surface area contributed by atoms with Crippen LogP contribution in [-0.2, 0) is 11.2 Å². The number of piperidine rings is 1. The van der Waals surface area contributed by atoms with Gasteiger partial charge in [-0.2, -0.15) is 0 Å². The number of aromatic nitrogens is 1. The predicted octanol–water partition coefficient (Wildman–Crippen LogP) is 2.38. The van der Waals surface area contributed by atoms with E-state index in [-0.39, 0.29) is 11.8 Å². The summed E-state index contributed by atoms with van der Waals surface area (Å²) in [6.07, 6.45) is 1.58. The van der Waals surface area contributed by atoms with Gasteiger partial charge in [-0.1, -0.05) is 37.3 Å². The summed E-state index contributed by atoms with van der Waals surface area (Å²) in [5, 5.41) is 10.7. The first kappa shape index (κ1) is 16.4. The molecule has 24 heavy (non-hydrogen) atoms. The zero-order valence-corrected chi connectivity index (χ0v) is 14.2. The zero-order chi connectivity index (χ0) is 16.9. The van der Waals surface area contributed by atoms with Crippen LogP contribution < -0.4 is 16.0 Å². The van der Waals surface area contributed by atoms with Gasteiger partial charge < -0.3 is 10.6 Å². The van der Waals surface area contributed by atoms with E-state index in [2.05, 4.69) is 20.9 Å². The third-order valence-electron chi connectivity index (χ3n) is 4.04. The SMILES string of the molecule is C[C@@H]1CCNC(=O)[C@@H]1NC(=O)Nc1nc(Cc2ccccc2)cs1. The monoisotopic (exact) mass is 344 g/mol. The van der Waals surface area contributed by atoms with Crippen LogP contribution in [0.1, 0.15) is 24.6 Å². The van der Waals surface area contributed by atoms with E-state index in [1.54, 1.807) is 0 Å². The van der Waals surface area contributed by atoms with Gasteiger partial charge in [0.1, 0.15) is 6.04 Å². The van der Waals surface area contributed by atoms with Crippen molar-refractivity contribution in [3.05, 3.63) is 47.0 Å². The van der Waals surface area contributed by atoms with Crippen LogP contribution >= 0.6 is 11.3 Å². The number of rotatable bonds is 4. The molecule has 6 nitrogen and oxygen atoms in total. The normalized spacial score (nSPS) is 20.3. The number of nitrogens with zero attached hydrogens (tertiary/aromatic N) is 1. The van der Waals surface area contributed by atoms with Crippen LogP contribution in [0.2, 0.25) is 0 Å². The van der Waals surface area contributed by atoms with Crippen molar-refractivity contribution in [3.63, 3.8) is 0 Å². The molecule has 2 atom stereocenters. The number of benzene rings is 1. The lowest BCUT2D eigenvalue weighted by atomic mass is 9.94. The molecule has 3 amide bonds. The maximum absolute atomic E-state index is 12.1. The van der Waals surface area contributed by atoms with Gasteiger partial charge in [0.05, 0.1) is 5.69 Å². The summed E-state index contributed by atoms with van der Waals surface area (Å²) in [4.78, 5) is 28.4. The predicted molar refractivity (Wildman–Crippen MR) is 94.1 cm³/mol. The van der Waals surface area contributed by atoms with Crippen molar-refractivity contribution in [3.8, 4) is 0 Å². The van der Waals surface area contributed by atoms with E-state index in [1.807, 2.05) is 42.6 Å². The Morgan fingerprint density at radius 2 is 2.17 bits per heavy atom. The Balaban J connectivity index is 1.56. The summed E-state index contributed by atoms with van der Waals surface area (Å²) in [5.41, 5.74) is 2.08. The quantitative estimate of drug-likeness (QED) is 0.796. The molecule has 1 fully saturated rings. The standard InChI is InChI=1S/C17H20N4O2S/c1-11-7-8-18-15(22)14(11)20-16(23)21-17-19-13(10-24-17)9-12-5-3-2-4-6-12/h2-6,10-11,14H,7-9H2,1H3,(H,18,22)(H2,19,20,21,23)/t11-,14-/m1/s1. The fraction of sp³-hybridized carbons (Fsp3) is 0.353. The van der Waals surface area contributed by atoms with E-state index in [4.69, 9.17) is 0 Å². The molecule has 1 saturated heterocycles. The molecule has 2 aromatic rings. The Bertz CT molecular complexity index is 716. The number of anilines is 1. The Labute approximate surface area is 144 Å². The van der Waals surface area contributed by atoms with Crippen LogP contribution in [0.5, 0.6) is 0 Å². The minimum absolute atomic E-state index is 0.120. The maximum atomic E-state index is 12.1. The molecule has 0 saturated carbocycles. The zero-order valence-electron chi connectivity index (χ0n) is 13.4. The van der Waals surface area contributed by atoms with Crippen LogP contribution in [0.25, 0.3) is 0 Å². The molecule has 7 heteroatoms. The van der Waals surface area contributed by atoms with Crippen LogP contribution in [0.15, 0.2) is 35.7 Å². The highest BCUT2D eigenvalue weighted by molar-refractivity contribution is 7.13. The van der Waals surface area contributed by atoms with Crippen molar-refractivity contribution in [2.24, 2.45) is 5.92 Å². The molecule has 0 unspecified atom stereocenters. The van der Waals surface area contributed by atoms with Crippen molar-refractivity contribution in [1.82, 2.24) is 15.6 Å². The third-order valence-corrected chi connectivity index (χ3v) is 4.84. The van der Waals surface area contributed by atoms with Gasteiger partial charge in [-0.3, -0.25) is 10.1 Å². The highest BCUT2D eigenvalue weighted by atomic mass is 32.1. The fourth-order valence-corrected chi connectivity index (χ4v) is 3.40. The number of hydrogen-bond donors (Lipinski definition) is 3. The minimum atomic E-state index is -0.498. The molecule has 2 heterocycles. The largest absolute Gasteiger partial charge is 0.354 e. The van der Waals surface area contributed by atoms with Gasteiger partial charge >= 0.3 is 6.03 Å². The Kier molecular flexibility index (Phi) is 5.10. The van der Waals surface area contributed by atoms with Crippen molar-refractivity contribution < 1.29 is 9.59 Å². The van der Waals surface area contributed by atoms with Gasteiger partial charge in [0, 0.05) is 18.3 Å². The van der Waals surface area contributed by atoms with E-state index >= 15 is 0 Å². The lowest BCUT2D eigenvalue weighted by Crippen LogP contribution is -2.55. The lowest BCUT2D eigenvalue weighted by molar-refractivity contribution is -0.125. The number of carbonyl (C=O) groups excluding carboxylic acids is 2. The van der Waals surface area contributed by atoms with Crippen LogP contribution in [-0.4, -0.2) is 29.5 Å². The summed E-state index contributed by atoms with van der Waals surface area (Å²) in [6.45, 7) is 2.63. The molecule has 0 radical (unpaired) electrons. The molecule has 0 aliphatic carbocycles. The smallest absolute Gasteiger partial charge is 0.321 e. The molecule has 1 aromatic heterocycles. The molecule has 3 rings (SSSR count). The molecule has 126 valence electrons. The first-order chi connectivity index (χ1) is 11.6. The molecular weight excluding hydrogens is 324 g/mol. The van der Waals surface area contributed by atoms with E-state index in [0.717, 1.165) is 18.5 Å². The molecule has 0 bridgehead atoms. The fourth-order valence-electron chi connectivity index (χ4n) is 2.69. The van der Waals surface area contributed by atoms with Gasteiger partial charge in [-0.05, 0) is 17.9 Å². The molecule has 1 aliphatic heterocycles. The number of thiazole rings is 1. The van der Waals surface area contributed by atoms with Gasteiger partial charge in [-0.15, -0.1) is 11.3 Å². The molecule has 3 N–H and O–H groups in total. The second kappa shape index (κ2) is 7.44. The van der Waals surface area contributed by atoms with Crippen molar-refractivity contribution in [2.45, 2.75) is 25.8 Å². The van der Waals surface area contributed by atoms with E-state index in [0.29, 0.717) is 11.7 Å². The van der Waals surface area contributed by atoms with Crippen LogP contribution in [0.4, 0.5) is 9.93 Å². The van der Waals surface area contributed by atoms with Gasteiger partial charge in [0.2, 0.25) is 5.91 Å². The van der Waals surface area contributed by atoms with E-state index in [9.17, 15) is 9.59 Å². The second-order valence-electron chi connectivity index (χ2n) is 5.94. The van der Waals surface area contributed by atoms with E-state index < -0.39 is 12.1 Å². The summed E-state index contributed by atoms with van der Waals surface area (Å²) in [6, 6.07) is 9.15. The molecule has 1 aromatic carbocycles. The van der Waals surface area contributed by atoms with Crippen molar-refractivity contribution >= 4 is 28.4 Å². The van der Waals surface area contributed by atoms with Gasteiger partial charge in [-0.25, -0.2) is 9.78 Å². The highest BCUT2D eigenvalue weighted by Gasteiger charge is 2.30. The highest BCUT2D eigenvalue weighted by Crippen LogP contribution is 2.18. The maximum Gasteiger partial charge on any atom is 0.321 e. The molecular formula is C17H20N4O2S. The first-order valence-electron chi connectivity index (χ1n) is 7.95. The second-order valence-corrected chi connectivity index (χ2v) is 6.80. The number of urea groups is 1. The number of nitrogens with one attached hydrogen (secondary N) is 3. The third kappa shape index (κ3) is 4.11. The van der Waals surface area contributed by atoms with Gasteiger partial charge in [0.25, 0.3) is 0 Å². The average Bonchev–Trinajstić information content (AvgIpc) is 2.99. The number of hydrogen-bond acceptors (Lipinski definition) is 4. The minimum Gasteiger partial charge on any atom is -0.354 e. The average molecular weight is 344 g/mol. The Morgan fingerprint density at radius 3 is 2.92 bits per heavy atom. The topological polar surface area (TPSA) is 83.1 Å². The summed E-state index contributed by atoms with van der Waals surface area (Å²) < 4.78 is 0. The van der Waals surface area contributed by atoms with Crippen LogP contribution in [0, 0.1) is 5.92 Å². The van der Waals surface area contributed by atoms with Crippen molar-refractivity contribution in [1.29, 1.82) is 0 Å². The Morgan fingerprint density at radius 1 is 1.38 bits per heavy atom. The lowest BCUT2D eigenvalue weighted by Gasteiger charge is -2.28. The number of carbonyl (C=O) groups is 2. The summed E-state index contributed by atoms with van der Waals surface area (Å²) in [7, 11) is 0. The molecule has 1 aliphatic rings. The van der Waals surface area contributed by atoms with E-state index in [1.165, 1.54) is 16.9 Å². The summed E-state index contributed by atoms with van der Waals surface area (Å²) in [5.74, 6) is -0.0118. The Hall–Kier alpha value is -2.41. The van der Waals surface area contributed by atoms with Crippen LogP contribution in [0.3, 0.4) is 0 Å². The number of amides is 3. The summed E-state index contributed by atoms with van der Waals surface area (Å²) >= 11 is 1.38. The van der Waals surface area contributed by atoms with Crippen molar-refractivity contribution in [2.75, 3.05) is 11.9 Å². The van der Waals surface area contributed by atoms with Gasteiger partial charge in [0.15, 0.2) is 5.13 Å². The molecule has 0 spiro atoms. The first-order valence-corrected chi connectivity index (χ1v) is 8.83.